The first-order chi connectivity index (χ1) is 7.63. The highest BCUT2D eigenvalue weighted by Crippen LogP contribution is 2.26. The molecule has 86 valence electrons. The summed E-state index contributed by atoms with van der Waals surface area (Å²) in [5.74, 6) is -2.37. The Bertz CT molecular complexity index is 391. The molecule has 0 N–H and O–H groups in total. The molecule has 0 unspecified atom stereocenters. The second-order valence-corrected chi connectivity index (χ2v) is 2.50. The minimum absolute atomic E-state index is 0.0523. The average molecular weight is 228 g/mol. The SMILES string of the molecule is COC(=O)/C=C1\OC(=O)C(OC=O)=C1OC. The molecule has 1 aliphatic rings. The Morgan fingerprint density at radius 2 is 2.00 bits per heavy atom. The maximum Gasteiger partial charge on any atom is 0.384 e. The molecule has 7 heteroatoms. The fraction of sp³-hybridized carbons (Fsp3) is 0.222. The lowest BCUT2D eigenvalue weighted by Crippen LogP contribution is -2.02. The molecule has 0 saturated carbocycles. The highest BCUT2D eigenvalue weighted by molar-refractivity contribution is 5.95. The first kappa shape index (κ1) is 11.8. The number of hydrogen-bond acceptors (Lipinski definition) is 7. The first-order valence-electron chi connectivity index (χ1n) is 4.04. The summed E-state index contributed by atoms with van der Waals surface area (Å²) in [6.45, 7) is 0.0523. The van der Waals surface area contributed by atoms with Crippen LogP contribution in [-0.2, 0) is 33.3 Å². The number of esters is 2. The van der Waals surface area contributed by atoms with Crippen LogP contribution in [0.4, 0.5) is 0 Å². The highest BCUT2D eigenvalue weighted by Gasteiger charge is 2.34. The van der Waals surface area contributed by atoms with Crippen molar-refractivity contribution in [3.05, 3.63) is 23.4 Å². The summed E-state index contributed by atoms with van der Waals surface area (Å²) in [5, 5.41) is 0. The van der Waals surface area contributed by atoms with Crippen molar-refractivity contribution in [3.8, 4) is 0 Å². The topological polar surface area (TPSA) is 88.1 Å². The van der Waals surface area contributed by atoms with Crippen LogP contribution < -0.4 is 0 Å². The summed E-state index contributed by atoms with van der Waals surface area (Å²) in [5.41, 5.74) is 0. The van der Waals surface area contributed by atoms with Gasteiger partial charge in [0.2, 0.25) is 5.76 Å². The lowest BCUT2D eigenvalue weighted by molar-refractivity contribution is -0.141. The van der Waals surface area contributed by atoms with Gasteiger partial charge in [-0.3, -0.25) is 4.79 Å². The van der Waals surface area contributed by atoms with Crippen molar-refractivity contribution in [2.24, 2.45) is 0 Å². The van der Waals surface area contributed by atoms with E-state index in [0.29, 0.717) is 0 Å². The van der Waals surface area contributed by atoms with Gasteiger partial charge in [-0.2, -0.15) is 0 Å². The van der Waals surface area contributed by atoms with Crippen LogP contribution in [0.1, 0.15) is 0 Å². The molecule has 0 radical (unpaired) electrons. The number of rotatable bonds is 4. The molecule has 16 heavy (non-hydrogen) atoms. The fourth-order valence-corrected chi connectivity index (χ4v) is 1.00. The summed E-state index contributed by atoms with van der Waals surface area (Å²) >= 11 is 0. The van der Waals surface area contributed by atoms with Gasteiger partial charge in [-0.1, -0.05) is 0 Å². The van der Waals surface area contributed by atoms with Gasteiger partial charge in [0.15, 0.2) is 5.76 Å². The third-order valence-corrected chi connectivity index (χ3v) is 1.64. The normalized spacial score (nSPS) is 17.1. The molecule has 0 atom stereocenters. The lowest BCUT2D eigenvalue weighted by atomic mass is 10.3. The Morgan fingerprint density at radius 1 is 1.31 bits per heavy atom. The van der Waals surface area contributed by atoms with E-state index in [1.54, 1.807) is 0 Å². The maximum absolute atomic E-state index is 11.2. The Hall–Kier alpha value is -2.31. The summed E-state index contributed by atoms with van der Waals surface area (Å²) < 4.78 is 18.1. The Morgan fingerprint density at radius 3 is 2.50 bits per heavy atom. The number of hydrogen-bond donors (Lipinski definition) is 0. The molecule has 0 saturated heterocycles. The monoisotopic (exact) mass is 228 g/mol. The quantitative estimate of drug-likeness (QED) is 0.281. The molecule has 0 aromatic heterocycles. The summed E-state index contributed by atoms with van der Waals surface area (Å²) in [4.78, 5) is 32.2. The summed E-state index contributed by atoms with van der Waals surface area (Å²) in [6.07, 6.45) is 0.901. The molecular formula is C9H8O7. The smallest absolute Gasteiger partial charge is 0.384 e. The zero-order valence-electron chi connectivity index (χ0n) is 8.51. The van der Waals surface area contributed by atoms with Crippen LogP contribution in [0.15, 0.2) is 23.4 Å². The molecule has 0 spiro atoms. The van der Waals surface area contributed by atoms with Crippen molar-refractivity contribution in [1.29, 1.82) is 0 Å². The van der Waals surface area contributed by atoms with E-state index in [1.165, 1.54) is 7.11 Å². The van der Waals surface area contributed by atoms with E-state index >= 15 is 0 Å². The van der Waals surface area contributed by atoms with Crippen LogP contribution in [0, 0.1) is 0 Å². The van der Waals surface area contributed by atoms with Crippen molar-refractivity contribution in [2.75, 3.05) is 14.2 Å². The van der Waals surface area contributed by atoms with Crippen molar-refractivity contribution >= 4 is 18.4 Å². The Balaban J connectivity index is 3.07. The molecule has 0 aromatic rings. The second-order valence-electron chi connectivity index (χ2n) is 2.50. The van der Waals surface area contributed by atoms with Crippen molar-refractivity contribution in [2.45, 2.75) is 0 Å². The van der Waals surface area contributed by atoms with Crippen molar-refractivity contribution in [3.63, 3.8) is 0 Å². The molecule has 0 aliphatic carbocycles. The van der Waals surface area contributed by atoms with Gasteiger partial charge < -0.3 is 18.9 Å². The van der Waals surface area contributed by atoms with Crippen LogP contribution in [0.25, 0.3) is 0 Å². The fourth-order valence-electron chi connectivity index (χ4n) is 1.00. The van der Waals surface area contributed by atoms with Gasteiger partial charge in [-0.15, -0.1) is 0 Å². The van der Waals surface area contributed by atoms with Gasteiger partial charge in [0, 0.05) is 0 Å². The second kappa shape index (κ2) is 4.96. The van der Waals surface area contributed by atoms with Crippen LogP contribution in [0.2, 0.25) is 0 Å². The standard InChI is InChI=1S/C9H8O7/c1-13-6(11)3-5-7(14-2)8(15-4-10)9(12)16-5/h3-4H,1-2H3/b5-3-. The Kier molecular flexibility index (Phi) is 3.65. The molecule has 0 bridgehead atoms. The number of ether oxygens (including phenoxy) is 4. The molecule has 0 aromatic carbocycles. The molecule has 0 fully saturated rings. The van der Waals surface area contributed by atoms with Gasteiger partial charge in [-0.25, -0.2) is 9.59 Å². The molecule has 1 aliphatic heterocycles. The van der Waals surface area contributed by atoms with Gasteiger partial charge >= 0.3 is 11.9 Å². The van der Waals surface area contributed by atoms with Gasteiger partial charge in [-0.05, 0) is 0 Å². The number of carbonyl (C=O) groups is 3. The van der Waals surface area contributed by atoms with Crippen LogP contribution in [0.3, 0.4) is 0 Å². The molecule has 1 rings (SSSR count). The van der Waals surface area contributed by atoms with E-state index in [2.05, 4.69) is 14.2 Å². The van der Waals surface area contributed by atoms with Crippen molar-refractivity contribution < 1.29 is 33.3 Å². The maximum atomic E-state index is 11.2. The van der Waals surface area contributed by atoms with E-state index in [1.807, 2.05) is 0 Å². The first-order valence-corrected chi connectivity index (χ1v) is 4.04. The van der Waals surface area contributed by atoms with Crippen LogP contribution in [-0.4, -0.2) is 32.6 Å². The average Bonchev–Trinajstić information content (AvgIpc) is 2.55. The van der Waals surface area contributed by atoms with Crippen molar-refractivity contribution in [1.82, 2.24) is 0 Å². The van der Waals surface area contributed by atoms with Crippen LogP contribution in [0.5, 0.6) is 0 Å². The van der Waals surface area contributed by atoms with Gasteiger partial charge in [0.1, 0.15) is 0 Å². The van der Waals surface area contributed by atoms with E-state index in [4.69, 9.17) is 4.74 Å². The zero-order valence-corrected chi connectivity index (χ0v) is 8.51. The molecular weight excluding hydrogens is 220 g/mol. The molecule has 7 nitrogen and oxygen atoms in total. The predicted octanol–water partition coefficient (Wildman–Crippen LogP) is -0.369. The predicted molar refractivity (Wildman–Crippen MR) is 47.4 cm³/mol. The van der Waals surface area contributed by atoms with Gasteiger partial charge in [0.05, 0.1) is 20.3 Å². The number of carbonyl (C=O) groups excluding carboxylic acids is 3. The minimum atomic E-state index is -0.917. The highest BCUT2D eigenvalue weighted by atomic mass is 16.6. The van der Waals surface area contributed by atoms with Crippen LogP contribution >= 0.6 is 0 Å². The molecule has 1 heterocycles. The van der Waals surface area contributed by atoms with Gasteiger partial charge in [0.25, 0.3) is 12.2 Å². The largest absolute Gasteiger partial charge is 0.490 e. The molecule has 0 amide bonds. The summed E-state index contributed by atoms with van der Waals surface area (Å²) in [7, 11) is 2.39. The third-order valence-electron chi connectivity index (χ3n) is 1.64. The minimum Gasteiger partial charge on any atom is -0.490 e. The third kappa shape index (κ3) is 2.19. The number of cyclic esters (lactones) is 1. The zero-order chi connectivity index (χ0) is 12.1. The van der Waals surface area contributed by atoms with E-state index < -0.39 is 17.7 Å². The lowest BCUT2D eigenvalue weighted by Gasteiger charge is -2.00. The van der Waals surface area contributed by atoms with E-state index in [0.717, 1.165) is 13.2 Å². The summed E-state index contributed by atoms with van der Waals surface area (Å²) in [6, 6.07) is 0. The Labute approximate surface area is 90.2 Å². The van der Waals surface area contributed by atoms with E-state index in [-0.39, 0.29) is 18.0 Å². The number of methoxy groups -OCH3 is 2. The van der Waals surface area contributed by atoms with E-state index in [9.17, 15) is 14.4 Å².